The monoisotopic (exact) mass is 224 g/mol. The zero-order valence-electron chi connectivity index (χ0n) is 7.54. The van der Waals surface area contributed by atoms with E-state index in [1.807, 2.05) is 0 Å². The number of furan rings is 1. The molecule has 1 aromatic carbocycles. The van der Waals surface area contributed by atoms with E-state index in [9.17, 15) is 9.18 Å². The maximum atomic E-state index is 13.3. The lowest BCUT2D eigenvalue weighted by Crippen LogP contribution is -2.02. The molecule has 0 N–H and O–H groups in total. The molecule has 1 aromatic heterocycles. The van der Waals surface area contributed by atoms with Crippen molar-refractivity contribution in [2.45, 2.75) is 0 Å². The van der Waals surface area contributed by atoms with Crippen molar-refractivity contribution in [3.8, 4) is 0 Å². The minimum Gasteiger partial charge on any atom is -0.461 e. The van der Waals surface area contributed by atoms with E-state index in [1.54, 1.807) is 6.07 Å². The van der Waals surface area contributed by atoms with Gasteiger partial charge in [0.15, 0.2) is 5.76 Å². The first-order valence-electron chi connectivity index (χ1n) is 4.22. The van der Waals surface area contributed by atoms with Gasteiger partial charge in [-0.25, -0.2) is 4.39 Å². The molecule has 1 heterocycles. The molecule has 0 aliphatic rings. The van der Waals surface area contributed by atoms with Crippen molar-refractivity contribution in [3.63, 3.8) is 0 Å². The Kier molecular flexibility index (Phi) is 2.56. The second-order valence-electron chi connectivity index (χ2n) is 2.93. The number of carbonyl (C=O) groups is 1. The highest BCUT2D eigenvalue weighted by molar-refractivity contribution is 6.31. The molecule has 0 spiro atoms. The summed E-state index contributed by atoms with van der Waals surface area (Å²) in [5.41, 5.74) is -0.0857. The Balaban J connectivity index is 2.46. The molecule has 2 aromatic rings. The van der Waals surface area contributed by atoms with Crippen LogP contribution in [-0.4, -0.2) is 5.78 Å². The van der Waals surface area contributed by atoms with E-state index in [0.717, 1.165) is 6.07 Å². The molecule has 0 radical (unpaired) electrons. The molecule has 0 atom stereocenters. The molecule has 2 nitrogen and oxygen atoms in total. The predicted octanol–water partition coefficient (Wildman–Crippen LogP) is 3.30. The van der Waals surface area contributed by atoms with Crippen molar-refractivity contribution < 1.29 is 13.6 Å². The summed E-state index contributed by atoms with van der Waals surface area (Å²) >= 11 is 5.67. The van der Waals surface area contributed by atoms with Crippen LogP contribution in [0.2, 0.25) is 5.02 Å². The third kappa shape index (κ3) is 1.92. The van der Waals surface area contributed by atoms with Gasteiger partial charge in [0.2, 0.25) is 5.78 Å². The third-order valence-electron chi connectivity index (χ3n) is 1.92. The third-order valence-corrected chi connectivity index (χ3v) is 2.15. The molecule has 0 saturated heterocycles. The van der Waals surface area contributed by atoms with Gasteiger partial charge in [0, 0.05) is 5.02 Å². The largest absolute Gasteiger partial charge is 0.461 e. The first-order chi connectivity index (χ1) is 7.18. The first-order valence-corrected chi connectivity index (χ1v) is 4.59. The lowest BCUT2D eigenvalue weighted by molar-refractivity contribution is 0.101. The number of rotatable bonds is 2. The Hall–Kier alpha value is -1.61. The summed E-state index contributed by atoms with van der Waals surface area (Å²) in [6.07, 6.45) is 1.36. The van der Waals surface area contributed by atoms with E-state index < -0.39 is 11.6 Å². The van der Waals surface area contributed by atoms with Crippen LogP contribution in [0.5, 0.6) is 0 Å². The molecule has 0 aliphatic heterocycles. The maximum absolute atomic E-state index is 13.3. The Morgan fingerprint density at radius 1 is 1.33 bits per heavy atom. The van der Waals surface area contributed by atoms with Crippen LogP contribution in [0.3, 0.4) is 0 Å². The van der Waals surface area contributed by atoms with Crippen LogP contribution >= 0.6 is 11.6 Å². The molecule has 76 valence electrons. The number of ketones is 1. The predicted molar refractivity (Wildman–Crippen MR) is 53.6 cm³/mol. The summed E-state index contributed by atoms with van der Waals surface area (Å²) in [7, 11) is 0. The average molecular weight is 225 g/mol. The zero-order valence-corrected chi connectivity index (χ0v) is 8.29. The van der Waals surface area contributed by atoms with E-state index in [-0.39, 0.29) is 11.3 Å². The molecule has 2 rings (SSSR count). The van der Waals surface area contributed by atoms with Gasteiger partial charge in [-0.15, -0.1) is 0 Å². The normalized spacial score (nSPS) is 10.3. The molecule has 0 bridgehead atoms. The van der Waals surface area contributed by atoms with Crippen LogP contribution in [-0.2, 0) is 0 Å². The van der Waals surface area contributed by atoms with Crippen molar-refractivity contribution in [1.29, 1.82) is 0 Å². The number of benzene rings is 1. The standard InChI is InChI=1S/C11H6ClFO2/c12-7-3-4-9(13)8(6-7)11(14)10-2-1-5-15-10/h1-6H. The molecular formula is C11H6ClFO2. The van der Waals surface area contributed by atoms with Crippen molar-refractivity contribution in [1.82, 2.24) is 0 Å². The van der Waals surface area contributed by atoms with E-state index >= 15 is 0 Å². The molecule has 4 heteroatoms. The van der Waals surface area contributed by atoms with Gasteiger partial charge in [0.1, 0.15) is 5.82 Å². The van der Waals surface area contributed by atoms with Crippen LogP contribution in [0, 0.1) is 5.82 Å². The van der Waals surface area contributed by atoms with Gasteiger partial charge in [0.05, 0.1) is 11.8 Å². The van der Waals surface area contributed by atoms with Gasteiger partial charge in [-0.05, 0) is 30.3 Å². The maximum Gasteiger partial charge on any atom is 0.231 e. The van der Waals surface area contributed by atoms with Crippen molar-refractivity contribution in [2.24, 2.45) is 0 Å². The number of carbonyl (C=O) groups excluding carboxylic acids is 1. The Morgan fingerprint density at radius 2 is 2.13 bits per heavy atom. The summed E-state index contributed by atoms with van der Waals surface area (Å²) in [6.45, 7) is 0. The smallest absolute Gasteiger partial charge is 0.231 e. The number of hydrogen-bond donors (Lipinski definition) is 0. The van der Waals surface area contributed by atoms with E-state index in [0.29, 0.717) is 5.02 Å². The molecule has 0 amide bonds. The fourth-order valence-electron chi connectivity index (χ4n) is 1.21. The SMILES string of the molecule is O=C(c1ccco1)c1cc(Cl)ccc1F. The number of hydrogen-bond acceptors (Lipinski definition) is 2. The minimum atomic E-state index is -0.610. The van der Waals surface area contributed by atoms with E-state index in [2.05, 4.69) is 0 Å². The minimum absolute atomic E-state index is 0.0857. The van der Waals surface area contributed by atoms with E-state index in [4.69, 9.17) is 16.0 Å². The van der Waals surface area contributed by atoms with Crippen LogP contribution in [0.15, 0.2) is 41.0 Å². The fourth-order valence-corrected chi connectivity index (χ4v) is 1.38. The summed E-state index contributed by atoms with van der Waals surface area (Å²) in [4.78, 5) is 11.7. The fraction of sp³-hybridized carbons (Fsp3) is 0. The molecular weight excluding hydrogens is 219 g/mol. The molecule has 0 aliphatic carbocycles. The van der Waals surface area contributed by atoms with E-state index in [1.165, 1.54) is 24.5 Å². The van der Waals surface area contributed by atoms with Gasteiger partial charge in [-0.2, -0.15) is 0 Å². The second-order valence-corrected chi connectivity index (χ2v) is 3.37. The lowest BCUT2D eigenvalue weighted by atomic mass is 10.1. The zero-order chi connectivity index (χ0) is 10.8. The first kappa shape index (κ1) is 9.93. The van der Waals surface area contributed by atoms with Gasteiger partial charge >= 0.3 is 0 Å². The van der Waals surface area contributed by atoms with Gasteiger partial charge in [-0.3, -0.25) is 4.79 Å². The molecule has 0 saturated carbocycles. The summed E-state index contributed by atoms with van der Waals surface area (Å²) in [5.74, 6) is -1.03. The second kappa shape index (κ2) is 3.87. The molecule has 15 heavy (non-hydrogen) atoms. The van der Waals surface area contributed by atoms with Crippen LogP contribution in [0.4, 0.5) is 4.39 Å². The van der Waals surface area contributed by atoms with Crippen LogP contribution in [0.25, 0.3) is 0 Å². The summed E-state index contributed by atoms with van der Waals surface area (Å²) in [5, 5.41) is 0.311. The Bertz CT molecular complexity index is 491. The topological polar surface area (TPSA) is 30.2 Å². The van der Waals surface area contributed by atoms with Crippen LogP contribution in [0.1, 0.15) is 16.1 Å². The number of halogens is 2. The van der Waals surface area contributed by atoms with Crippen molar-refractivity contribution >= 4 is 17.4 Å². The van der Waals surface area contributed by atoms with Crippen molar-refractivity contribution in [2.75, 3.05) is 0 Å². The Morgan fingerprint density at radius 3 is 2.80 bits per heavy atom. The average Bonchev–Trinajstić information content (AvgIpc) is 2.74. The van der Waals surface area contributed by atoms with Crippen molar-refractivity contribution in [3.05, 3.63) is 58.8 Å². The quantitative estimate of drug-likeness (QED) is 0.733. The highest BCUT2D eigenvalue weighted by Crippen LogP contribution is 2.18. The van der Waals surface area contributed by atoms with Crippen LogP contribution < -0.4 is 0 Å². The highest BCUT2D eigenvalue weighted by atomic mass is 35.5. The summed E-state index contributed by atoms with van der Waals surface area (Å²) in [6, 6.07) is 6.86. The Labute approximate surface area is 90.3 Å². The van der Waals surface area contributed by atoms with Gasteiger partial charge < -0.3 is 4.42 Å². The van der Waals surface area contributed by atoms with Gasteiger partial charge in [0.25, 0.3) is 0 Å². The van der Waals surface area contributed by atoms with Gasteiger partial charge in [-0.1, -0.05) is 11.6 Å². The highest BCUT2D eigenvalue weighted by Gasteiger charge is 2.16. The molecule has 0 fully saturated rings. The lowest BCUT2D eigenvalue weighted by Gasteiger charge is -2.00. The molecule has 0 unspecified atom stereocenters. The summed E-state index contributed by atoms with van der Waals surface area (Å²) < 4.78 is 18.2.